The molecule has 2 atom stereocenters. The fourth-order valence-corrected chi connectivity index (χ4v) is 5.19. The van der Waals surface area contributed by atoms with Gasteiger partial charge < -0.3 is 15.7 Å². The number of nitrogens with zero attached hydrogens (tertiary/aromatic N) is 6. The maximum Gasteiger partial charge on any atom is 0.272 e. The van der Waals surface area contributed by atoms with E-state index in [9.17, 15) is 18.7 Å². The summed E-state index contributed by atoms with van der Waals surface area (Å²) in [5.41, 5.74) is 6.35. The number of amides is 1. The average Bonchev–Trinajstić information content (AvgIpc) is 3.30. The minimum Gasteiger partial charge on any atom is -0.385 e. The van der Waals surface area contributed by atoms with Crippen LogP contribution >= 0.6 is 0 Å². The van der Waals surface area contributed by atoms with Crippen LogP contribution in [0.1, 0.15) is 66.8 Å². The van der Waals surface area contributed by atoms with Crippen molar-refractivity contribution in [2.45, 2.75) is 56.6 Å². The Kier molecular flexibility index (Phi) is 5.15. The molecule has 1 saturated carbocycles. The van der Waals surface area contributed by atoms with Crippen molar-refractivity contribution in [3.8, 4) is 0 Å². The third-order valence-electron chi connectivity index (χ3n) is 7.54. The fraction of sp³-hybridized carbons (Fsp3) is 0.400. The first-order chi connectivity index (χ1) is 17.2. The summed E-state index contributed by atoms with van der Waals surface area (Å²) in [5, 5.41) is 15.2. The summed E-state index contributed by atoms with van der Waals surface area (Å²) in [6.45, 7) is 2.34. The first kappa shape index (κ1) is 22.7. The monoisotopic (exact) mass is 493 g/mol. The zero-order chi connectivity index (χ0) is 25.2. The topological polar surface area (TPSA) is 123 Å². The molecule has 0 unspecified atom stereocenters. The van der Waals surface area contributed by atoms with Crippen LogP contribution in [0.25, 0.3) is 16.6 Å². The number of hydrogen-bond acceptors (Lipinski definition) is 7. The Morgan fingerprint density at radius 2 is 2.00 bits per heavy atom. The summed E-state index contributed by atoms with van der Waals surface area (Å²) in [6, 6.07) is 5.33. The quantitative estimate of drug-likeness (QED) is 0.449. The van der Waals surface area contributed by atoms with E-state index in [-0.39, 0.29) is 40.4 Å². The van der Waals surface area contributed by atoms with E-state index in [2.05, 4.69) is 20.1 Å². The van der Waals surface area contributed by atoms with E-state index in [0.29, 0.717) is 30.9 Å². The van der Waals surface area contributed by atoms with Crippen LogP contribution in [0.5, 0.6) is 0 Å². The molecule has 11 heteroatoms. The Bertz CT molecular complexity index is 1500. The van der Waals surface area contributed by atoms with Crippen molar-refractivity contribution in [3.05, 3.63) is 59.2 Å². The number of rotatable bonds is 3. The molecule has 186 valence electrons. The van der Waals surface area contributed by atoms with E-state index >= 15 is 0 Å². The number of aliphatic hydroxyl groups is 1. The van der Waals surface area contributed by atoms with Crippen LogP contribution in [-0.2, 0) is 5.60 Å². The number of piperidine rings is 1. The average molecular weight is 494 g/mol. The molecule has 0 spiro atoms. The van der Waals surface area contributed by atoms with Gasteiger partial charge in [0.25, 0.3) is 5.91 Å². The highest BCUT2D eigenvalue weighted by Crippen LogP contribution is 2.40. The number of halogens is 2. The second-order valence-electron chi connectivity index (χ2n) is 9.86. The van der Waals surface area contributed by atoms with E-state index in [1.54, 1.807) is 23.2 Å². The predicted octanol–water partition coefficient (Wildman–Crippen LogP) is 3.31. The fourth-order valence-electron chi connectivity index (χ4n) is 5.19. The largest absolute Gasteiger partial charge is 0.385 e. The minimum absolute atomic E-state index is 0.0150. The highest BCUT2D eigenvalue weighted by Gasteiger charge is 2.37. The molecule has 1 saturated heterocycles. The van der Waals surface area contributed by atoms with Gasteiger partial charge in [-0.1, -0.05) is 6.07 Å². The number of pyridine rings is 1. The van der Waals surface area contributed by atoms with Crippen molar-refractivity contribution in [3.63, 3.8) is 0 Å². The summed E-state index contributed by atoms with van der Waals surface area (Å²) in [6.07, 6.45) is 5.42. The number of benzene rings is 1. The number of fused-ring (bicyclic) bond motifs is 3. The van der Waals surface area contributed by atoms with Crippen molar-refractivity contribution in [2.24, 2.45) is 0 Å². The van der Waals surface area contributed by atoms with E-state index in [1.165, 1.54) is 4.52 Å². The van der Waals surface area contributed by atoms with Crippen LogP contribution in [-0.4, -0.2) is 53.1 Å². The number of nitrogens with two attached hydrogens (primary N) is 1. The third kappa shape index (κ3) is 3.57. The van der Waals surface area contributed by atoms with Crippen LogP contribution in [0, 0.1) is 11.6 Å². The van der Waals surface area contributed by atoms with Crippen LogP contribution in [0.2, 0.25) is 0 Å². The summed E-state index contributed by atoms with van der Waals surface area (Å²) in [7, 11) is 0. The molecule has 3 N–H and O–H groups in total. The van der Waals surface area contributed by atoms with Crippen molar-refractivity contribution in [2.75, 3.05) is 12.3 Å². The van der Waals surface area contributed by atoms with Crippen molar-refractivity contribution in [1.82, 2.24) is 29.5 Å². The van der Waals surface area contributed by atoms with E-state index in [1.807, 2.05) is 6.92 Å². The molecule has 1 amide bonds. The number of carbonyl (C=O) groups is 1. The summed E-state index contributed by atoms with van der Waals surface area (Å²) in [5.74, 6) is -1.61. The molecule has 36 heavy (non-hydrogen) atoms. The molecule has 6 rings (SSSR count). The van der Waals surface area contributed by atoms with Crippen LogP contribution in [0.15, 0.2) is 30.5 Å². The molecule has 1 aliphatic carbocycles. The molecule has 0 radical (unpaired) electrons. The molecule has 2 fully saturated rings. The van der Waals surface area contributed by atoms with Gasteiger partial charge >= 0.3 is 0 Å². The third-order valence-corrected chi connectivity index (χ3v) is 7.54. The van der Waals surface area contributed by atoms with Gasteiger partial charge in [-0.15, -0.1) is 5.10 Å². The Balaban J connectivity index is 1.30. The maximum absolute atomic E-state index is 14.3. The number of hydrogen-bond donors (Lipinski definition) is 2. The Hall–Kier alpha value is -3.73. The summed E-state index contributed by atoms with van der Waals surface area (Å²) < 4.78 is 29.5. The lowest BCUT2D eigenvalue weighted by atomic mass is 9.76. The van der Waals surface area contributed by atoms with Gasteiger partial charge in [0.2, 0.25) is 5.95 Å². The van der Waals surface area contributed by atoms with Crippen molar-refractivity contribution in [1.29, 1.82) is 0 Å². The van der Waals surface area contributed by atoms with Gasteiger partial charge in [0, 0.05) is 36.3 Å². The highest BCUT2D eigenvalue weighted by atomic mass is 19.1. The van der Waals surface area contributed by atoms with E-state index in [4.69, 9.17) is 5.73 Å². The summed E-state index contributed by atoms with van der Waals surface area (Å²) >= 11 is 0. The minimum atomic E-state index is -0.834. The van der Waals surface area contributed by atoms with Gasteiger partial charge in [-0.25, -0.2) is 18.7 Å². The maximum atomic E-state index is 14.3. The zero-order valence-electron chi connectivity index (χ0n) is 19.7. The number of anilines is 1. The second kappa shape index (κ2) is 8.16. The van der Waals surface area contributed by atoms with Crippen molar-refractivity contribution < 1.29 is 18.7 Å². The molecule has 4 heterocycles. The molecule has 9 nitrogen and oxygen atoms in total. The number of aromatic nitrogens is 5. The van der Waals surface area contributed by atoms with Crippen LogP contribution in [0.4, 0.5) is 14.7 Å². The van der Waals surface area contributed by atoms with Gasteiger partial charge in [-0.2, -0.15) is 4.52 Å². The molecule has 1 aromatic carbocycles. The zero-order valence-corrected chi connectivity index (χ0v) is 19.7. The number of carbonyl (C=O) groups excluding carboxylic acids is 1. The lowest BCUT2D eigenvalue weighted by Gasteiger charge is -2.38. The van der Waals surface area contributed by atoms with Gasteiger partial charge in [0.05, 0.1) is 11.0 Å². The van der Waals surface area contributed by atoms with E-state index in [0.717, 1.165) is 37.0 Å². The number of likely N-dealkylation sites (tertiary alicyclic amines) is 1. The van der Waals surface area contributed by atoms with Gasteiger partial charge in [-0.3, -0.25) is 9.78 Å². The van der Waals surface area contributed by atoms with Crippen LogP contribution in [0.3, 0.4) is 0 Å². The SMILES string of the molecule is C[C@H]1CC[C@@H](c2nc3c4cc(F)cc(F)c4nc(N)n3n2)CN1C(=O)c1ccc(C2(O)CCC2)cn1. The molecule has 0 bridgehead atoms. The highest BCUT2D eigenvalue weighted by molar-refractivity contribution is 5.93. The van der Waals surface area contributed by atoms with Crippen molar-refractivity contribution >= 4 is 28.4 Å². The van der Waals surface area contributed by atoms with Gasteiger partial charge in [-0.05, 0) is 51.2 Å². The lowest BCUT2D eigenvalue weighted by molar-refractivity contribution is -0.0391. The smallest absolute Gasteiger partial charge is 0.272 e. The van der Waals surface area contributed by atoms with E-state index < -0.39 is 17.2 Å². The Morgan fingerprint density at radius 1 is 1.19 bits per heavy atom. The Morgan fingerprint density at radius 3 is 2.69 bits per heavy atom. The van der Waals surface area contributed by atoms with Crippen LogP contribution < -0.4 is 5.73 Å². The molecule has 3 aromatic heterocycles. The Labute approximate surface area is 205 Å². The second-order valence-corrected chi connectivity index (χ2v) is 9.86. The number of nitrogen functional groups attached to an aromatic ring is 1. The normalized spacial score (nSPS) is 21.6. The molecular formula is C25H25F2N7O2. The summed E-state index contributed by atoms with van der Waals surface area (Å²) in [4.78, 5) is 28.1. The first-order valence-electron chi connectivity index (χ1n) is 12.0. The predicted molar refractivity (Wildman–Crippen MR) is 127 cm³/mol. The van der Waals surface area contributed by atoms with Gasteiger partial charge in [0.15, 0.2) is 17.3 Å². The molecule has 4 aromatic rings. The molecular weight excluding hydrogens is 468 g/mol. The first-order valence-corrected chi connectivity index (χ1v) is 12.0. The standard InChI is InChI=1S/C25H25F2N7O2/c1-13-3-4-14(12-33(13)23(35)19-6-5-15(11-29-19)25(36)7-2-8-25)21-31-22-17-9-16(26)10-18(27)20(17)30-24(28)34(22)32-21/h5-6,9-11,13-14,36H,2-4,7-8,12H2,1H3,(H2,28,30)/t13-,14+/m0/s1. The molecule has 1 aliphatic heterocycles. The lowest BCUT2D eigenvalue weighted by Crippen LogP contribution is -2.45. The van der Waals surface area contributed by atoms with Gasteiger partial charge in [0.1, 0.15) is 17.0 Å². The molecule has 2 aliphatic rings.